The molecule has 0 fully saturated rings. The van der Waals surface area contributed by atoms with E-state index >= 15 is 0 Å². The molecule has 0 spiro atoms. The van der Waals surface area contributed by atoms with Crippen LogP contribution in [0.5, 0.6) is 0 Å². The molecule has 0 heterocycles. The summed E-state index contributed by atoms with van der Waals surface area (Å²) >= 11 is 1.52. The quantitative estimate of drug-likeness (QED) is 0.447. The topological polar surface area (TPSA) is 38.3 Å². The fourth-order valence-electron chi connectivity index (χ4n) is 1.59. The Morgan fingerprint density at radius 1 is 1.24 bits per heavy atom. The Labute approximate surface area is 132 Å². The van der Waals surface area contributed by atoms with Crippen molar-refractivity contribution in [2.45, 2.75) is 57.5 Å². The predicted octanol–water partition coefficient (Wildman–Crippen LogP) is 4.01. The highest BCUT2D eigenvalue weighted by Gasteiger charge is 2.08. The van der Waals surface area contributed by atoms with Gasteiger partial charge in [0, 0.05) is 17.0 Å². The van der Waals surface area contributed by atoms with E-state index in [0.29, 0.717) is 12.4 Å². The highest BCUT2D eigenvalue weighted by molar-refractivity contribution is 8.00. The van der Waals surface area contributed by atoms with E-state index in [9.17, 15) is 4.79 Å². The molecular formula is C17H27NO2S. The van der Waals surface area contributed by atoms with Gasteiger partial charge in [0.25, 0.3) is 0 Å². The fourth-order valence-corrected chi connectivity index (χ4v) is 2.28. The third-order valence-corrected chi connectivity index (χ3v) is 3.85. The van der Waals surface area contributed by atoms with Crippen LogP contribution < -0.4 is 5.32 Å². The van der Waals surface area contributed by atoms with Crippen LogP contribution in [0.15, 0.2) is 29.2 Å². The number of unbranched alkanes of at least 4 members (excludes halogenated alkanes) is 1. The van der Waals surface area contributed by atoms with Crippen LogP contribution in [0.4, 0.5) is 0 Å². The van der Waals surface area contributed by atoms with E-state index in [1.54, 1.807) is 0 Å². The Hall–Kier alpha value is -1.00. The van der Waals surface area contributed by atoms with Gasteiger partial charge < -0.3 is 10.1 Å². The Kier molecular flexibility index (Phi) is 7.83. The third-order valence-electron chi connectivity index (χ3n) is 2.86. The first-order chi connectivity index (χ1) is 9.90. The lowest BCUT2D eigenvalue weighted by Gasteiger charge is -2.20. The van der Waals surface area contributed by atoms with Gasteiger partial charge in [-0.05, 0) is 44.9 Å². The molecule has 1 rings (SSSR count). The smallest absolute Gasteiger partial charge is 0.316 e. The maximum absolute atomic E-state index is 11.5. The molecular weight excluding hydrogens is 282 g/mol. The van der Waals surface area contributed by atoms with Gasteiger partial charge >= 0.3 is 5.97 Å². The molecule has 0 unspecified atom stereocenters. The molecule has 0 aliphatic heterocycles. The Balaban J connectivity index is 2.32. The molecule has 0 atom stereocenters. The molecule has 0 radical (unpaired) electrons. The van der Waals surface area contributed by atoms with Crippen molar-refractivity contribution in [1.82, 2.24) is 5.32 Å². The lowest BCUT2D eigenvalue weighted by molar-refractivity contribution is -0.140. The number of thioether (sulfide) groups is 1. The number of esters is 1. The van der Waals surface area contributed by atoms with Crippen LogP contribution >= 0.6 is 11.8 Å². The average molecular weight is 309 g/mol. The molecule has 0 saturated heterocycles. The highest BCUT2D eigenvalue weighted by Crippen LogP contribution is 2.19. The van der Waals surface area contributed by atoms with E-state index in [4.69, 9.17) is 4.74 Å². The molecule has 0 amide bonds. The summed E-state index contributed by atoms with van der Waals surface area (Å²) in [6, 6.07) is 8.32. The van der Waals surface area contributed by atoms with Gasteiger partial charge in [0.1, 0.15) is 0 Å². The fraction of sp³-hybridized carbons (Fsp3) is 0.588. The molecule has 3 nitrogen and oxygen atoms in total. The molecule has 0 aromatic heterocycles. The number of hydrogen-bond donors (Lipinski definition) is 1. The number of ether oxygens (including phenoxy) is 1. The van der Waals surface area contributed by atoms with Crippen molar-refractivity contribution in [3.63, 3.8) is 0 Å². The van der Waals surface area contributed by atoms with Gasteiger partial charge in [0.15, 0.2) is 0 Å². The minimum atomic E-state index is -0.132. The van der Waals surface area contributed by atoms with E-state index in [0.717, 1.165) is 24.3 Å². The maximum atomic E-state index is 11.5. The summed E-state index contributed by atoms with van der Waals surface area (Å²) in [4.78, 5) is 12.6. The maximum Gasteiger partial charge on any atom is 0.316 e. The predicted molar refractivity (Wildman–Crippen MR) is 89.6 cm³/mol. The number of hydrogen-bond acceptors (Lipinski definition) is 4. The lowest BCUT2D eigenvalue weighted by atomic mass is 10.1. The van der Waals surface area contributed by atoms with Gasteiger partial charge in [0.05, 0.1) is 12.4 Å². The second-order valence-electron chi connectivity index (χ2n) is 6.11. The van der Waals surface area contributed by atoms with Gasteiger partial charge in [-0.15, -0.1) is 11.8 Å². The summed E-state index contributed by atoms with van der Waals surface area (Å²) < 4.78 is 5.13. The SMILES string of the molecule is CCCCOC(=O)CSc1ccc(CNC(C)(C)C)cc1. The van der Waals surface area contributed by atoms with Crippen LogP contribution in [-0.4, -0.2) is 23.9 Å². The summed E-state index contributed by atoms with van der Waals surface area (Å²) in [6.07, 6.45) is 1.98. The second-order valence-corrected chi connectivity index (χ2v) is 7.16. The summed E-state index contributed by atoms with van der Waals surface area (Å²) in [6.45, 7) is 9.93. The molecule has 1 N–H and O–H groups in total. The largest absolute Gasteiger partial charge is 0.465 e. The molecule has 1 aromatic carbocycles. The van der Waals surface area contributed by atoms with Gasteiger partial charge in [-0.25, -0.2) is 0 Å². The highest BCUT2D eigenvalue weighted by atomic mass is 32.2. The van der Waals surface area contributed by atoms with Crippen LogP contribution in [0, 0.1) is 0 Å². The molecule has 0 bridgehead atoms. The van der Waals surface area contributed by atoms with Gasteiger partial charge in [0.2, 0.25) is 0 Å². The normalized spacial score (nSPS) is 11.4. The number of benzene rings is 1. The Bertz CT molecular complexity index is 423. The van der Waals surface area contributed by atoms with E-state index in [1.807, 2.05) is 0 Å². The summed E-state index contributed by atoms with van der Waals surface area (Å²) in [5.74, 6) is 0.246. The Morgan fingerprint density at radius 3 is 2.48 bits per heavy atom. The van der Waals surface area contributed by atoms with Crippen molar-refractivity contribution in [2.75, 3.05) is 12.4 Å². The van der Waals surface area contributed by atoms with Gasteiger partial charge in [-0.3, -0.25) is 4.79 Å². The van der Waals surface area contributed by atoms with Gasteiger partial charge in [-0.2, -0.15) is 0 Å². The Morgan fingerprint density at radius 2 is 1.90 bits per heavy atom. The molecule has 118 valence electrons. The van der Waals surface area contributed by atoms with Crippen LogP contribution in [-0.2, 0) is 16.1 Å². The zero-order valence-corrected chi connectivity index (χ0v) is 14.4. The number of rotatable bonds is 8. The van der Waals surface area contributed by atoms with Crippen molar-refractivity contribution in [3.05, 3.63) is 29.8 Å². The standard InChI is InChI=1S/C17H27NO2S/c1-5-6-11-20-16(19)13-21-15-9-7-14(8-10-15)12-18-17(2,3)4/h7-10,18H,5-6,11-13H2,1-4H3. The van der Waals surface area contributed by atoms with E-state index < -0.39 is 0 Å². The lowest BCUT2D eigenvalue weighted by Crippen LogP contribution is -2.35. The first kappa shape index (κ1) is 18.1. The first-order valence-electron chi connectivity index (χ1n) is 7.53. The van der Waals surface area contributed by atoms with E-state index in [-0.39, 0.29) is 11.5 Å². The molecule has 0 aliphatic carbocycles. The van der Waals surface area contributed by atoms with Crippen LogP contribution in [0.3, 0.4) is 0 Å². The molecule has 0 saturated carbocycles. The third kappa shape index (κ3) is 8.79. The van der Waals surface area contributed by atoms with E-state index in [1.165, 1.54) is 17.3 Å². The van der Waals surface area contributed by atoms with Crippen molar-refractivity contribution in [3.8, 4) is 0 Å². The van der Waals surface area contributed by atoms with Crippen LogP contribution in [0.25, 0.3) is 0 Å². The zero-order valence-electron chi connectivity index (χ0n) is 13.6. The number of carbonyl (C=O) groups excluding carboxylic acids is 1. The van der Waals surface area contributed by atoms with Crippen LogP contribution in [0.1, 0.15) is 46.1 Å². The van der Waals surface area contributed by atoms with Crippen molar-refractivity contribution < 1.29 is 9.53 Å². The van der Waals surface area contributed by atoms with Crippen molar-refractivity contribution >= 4 is 17.7 Å². The van der Waals surface area contributed by atoms with Gasteiger partial charge in [-0.1, -0.05) is 25.5 Å². The average Bonchev–Trinajstić information content (AvgIpc) is 2.43. The molecule has 1 aromatic rings. The number of nitrogens with one attached hydrogen (secondary N) is 1. The number of carbonyl (C=O) groups is 1. The monoisotopic (exact) mass is 309 g/mol. The molecule has 0 aliphatic rings. The van der Waals surface area contributed by atoms with Crippen LogP contribution in [0.2, 0.25) is 0 Å². The summed E-state index contributed by atoms with van der Waals surface area (Å²) in [5, 5.41) is 3.46. The van der Waals surface area contributed by atoms with E-state index in [2.05, 4.69) is 57.3 Å². The summed E-state index contributed by atoms with van der Waals surface area (Å²) in [5.41, 5.74) is 1.37. The minimum Gasteiger partial charge on any atom is -0.465 e. The molecule has 4 heteroatoms. The van der Waals surface area contributed by atoms with Crippen molar-refractivity contribution in [2.24, 2.45) is 0 Å². The second kappa shape index (κ2) is 9.11. The first-order valence-corrected chi connectivity index (χ1v) is 8.51. The summed E-state index contributed by atoms with van der Waals surface area (Å²) in [7, 11) is 0. The minimum absolute atomic E-state index is 0.121. The molecule has 21 heavy (non-hydrogen) atoms. The zero-order chi connectivity index (χ0) is 15.7. The van der Waals surface area contributed by atoms with Crippen molar-refractivity contribution in [1.29, 1.82) is 0 Å².